The minimum absolute atomic E-state index is 0.755. The number of hydrogen-bond donors (Lipinski definition) is 1. The summed E-state index contributed by atoms with van der Waals surface area (Å²) in [5.41, 5.74) is 1.00. The second-order valence-electron chi connectivity index (χ2n) is 5.37. The molecule has 0 radical (unpaired) electrons. The normalized spacial score (nSPS) is 17.7. The van der Waals surface area contributed by atoms with Gasteiger partial charge in [0.15, 0.2) is 0 Å². The Hall–Kier alpha value is -1.68. The Labute approximate surface area is 113 Å². The zero-order valence-corrected chi connectivity index (χ0v) is 11.3. The van der Waals surface area contributed by atoms with E-state index < -0.39 is 0 Å². The molecule has 0 unspecified atom stereocenters. The highest BCUT2D eigenvalue weighted by atomic mass is 15.1. The summed E-state index contributed by atoms with van der Waals surface area (Å²) >= 11 is 0. The van der Waals surface area contributed by atoms with Gasteiger partial charge in [-0.25, -0.2) is 9.97 Å². The first kappa shape index (κ1) is 12.4. The molecule has 1 aromatic heterocycles. The van der Waals surface area contributed by atoms with Gasteiger partial charge < -0.3 is 10.2 Å². The zero-order valence-electron chi connectivity index (χ0n) is 11.3. The van der Waals surface area contributed by atoms with E-state index in [0.29, 0.717) is 0 Å². The van der Waals surface area contributed by atoms with Crippen LogP contribution in [0.1, 0.15) is 12.8 Å². The molecule has 1 saturated heterocycles. The third kappa shape index (κ3) is 2.84. The van der Waals surface area contributed by atoms with Gasteiger partial charge in [0.1, 0.15) is 12.1 Å². The molecule has 2 heterocycles. The van der Waals surface area contributed by atoms with Crippen LogP contribution in [0, 0.1) is 5.92 Å². The average molecular weight is 256 g/mol. The third-order valence-corrected chi connectivity index (χ3v) is 3.94. The molecule has 0 aliphatic carbocycles. The Morgan fingerprint density at radius 3 is 2.84 bits per heavy atom. The van der Waals surface area contributed by atoms with Crippen molar-refractivity contribution in [3.8, 4) is 0 Å². The van der Waals surface area contributed by atoms with E-state index in [1.807, 2.05) is 18.2 Å². The fourth-order valence-electron chi connectivity index (χ4n) is 2.65. The molecule has 100 valence electrons. The molecule has 1 fully saturated rings. The largest absolute Gasteiger partial charge is 0.369 e. The lowest BCUT2D eigenvalue weighted by molar-refractivity contribution is 0.226. The van der Waals surface area contributed by atoms with Gasteiger partial charge in [0.2, 0.25) is 0 Å². The van der Waals surface area contributed by atoms with Crippen LogP contribution in [0.4, 0.5) is 5.82 Å². The fourth-order valence-corrected chi connectivity index (χ4v) is 2.65. The van der Waals surface area contributed by atoms with Gasteiger partial charge in [-0.05, 0) is 51.0 Å². The number of nitrogens with zero attached hydrogens (tertiary/aromatic N) is 3. The van der Waals surface area contributed by atoms with Crippen molar-refractivity contribution < 1.29 is 0 Å². The first-order valence-corrected chi connectivity index (χ1v) is 6.95. The van der Waals surface area contributed by atoms with Crippen LogP contribution in [-0.4, -0.2) is 41.5 Å². The number of nitrogens with one attached hydrogen (secondary N) is 1. The molecule has 19 heavy (non-hydrogen) atoms. The minimum atomic E-state index is 0.755. The summed E-state index contributed by atoms with van der Waals surface area (Å²) in [6.45, 7) is 3.42. The van der Waals surface area contributed by atoms with Gasteiger partial charge in [0, 0.05) is 11.9 Å². The van der Waals surface area contributed by atoms with Crippen LogP contribution in [0.5, 0.6) is 0 Å². The smallest absolute Gasteiger partial charge is 0.137 e. The summed E-state index contributed by atoms with van der Waals surface area (Å²) in [6.07, 6.45) is 4.18. The number of likely N-dealkylation sites (tertiary alicyclic amines) is 1. The molecule has 1 N–H and O–H groups in total. The van der Waals surface area contributed by atoms with E-state index in [0.717, 1.165) is 29.2 Å². The summed E-state index contributed by atoms with van der Waals surface area (Å²) in [6, 6.07) is 8.15. The zero-order chi connectivity index (χ0) is 13.1. The molecule has 4 nitrogen and oxygen atoms in total. The summed E-state index contributed by atoms with van der Waals surface area (Å²) in [7, 11) is 2.20. The Balaban J connectivity index is 1.68. The Bertz CT molecular complexity index is 541. The van der Waals surface area contributed by atoms with Gasteiger partial charge >= 0.3 is 0 Å². The van der Waals surface area contributed by atoms with Crippen LogP contribution in [0.25, 0.3) is 10.9 Å². The number of aromatic nitrogens is 2. The van der Waals surface area contributed by atoms with E-state index in [4.69, 9.17) is 0 Å². The van der Waals surface area contributed by atoms with Crippen LogP contribution in [-0.2, 0) is 0 Å². The van der Waals surface area contributed by atoms with Crippen molar-refractivity contribution in [2.45, 2.75) is 12.8 Å². The maximum Gasteiger partial charge on any atom is 0.137 e. The summed E-state index contributed by atoms with van der Waals surface area (Å²) in [4.78, 5) is 11.1. The van der Waals surface area contributed by atoms with Gasteiger partial charge in [0.05, 0.1) is 5.52 Å². The molecule has 0 saturated carbocycles. The molecule has 0 spiro atoms. The maximum atomic E-state index is 4.37. The molecule has 1 aromatic carbocycles. The van der Waals surface area contributed by atoms with Gasteiger partial charge in [-0.1, -0.05) is 12.1 Å². The van der Waals surface area contributed by atoms with Crippen LogP contribution in [0.2, 0.25) is 0 Å². The molecular weight excluding hydrogens is 236 g/mol. The molecule has 3 rings (SSSR count). The SMILES string of the molecule is CN1CCC(CNc2ncnc3ccccc23)CC1. The standard InChI is InChI=1S/C15H20N4/c1-19-8-6-12(7-9-19)10-16-15-13-4-2-3-5-14(13)17-11-18-15/h2-5,11-12H,6-10H2,1H3,(H,16,17,18). The molecule has 4 heteroatoms. The van der Waals surface area contributed by atoms with Crippen LogP contribution >= 0.6 is 0 Å². The number of benzene rings is 1. The van der Waals surface area contributed by atoms with E-state index >= 15 is 0 Å². The van der Waals surface area contributed by atoms with Gasteiger partial charge in [-0.15, -0.1) is 0 Å². The molecule has 2 aromatic rings. The van der Waals surface area contributed by atoms with Crippen LogP contribution in [0.15, 0.2) is 30.6 Å². The quantitative estimate of drug-likeness (QED) is 0.915. The third-order valence-electron chi connectivity index (χ3n) is 3.94. The highest BCUT2D eigenvalue weighted by molar-refractivity contribution is 5.88. The summed E-state index contributed by atoms with van der Waals surface area (Å²) in [5, 5.41) is 4.61. The Morgan fingerprint density at radius 2 is 2.00 bits per heavy atom. The Kier molecular flexibility index (Phi) is 3.60. The van der Waals surface area contributed by atoms with Crippen molar-refractivity contribution in [1.29, 1.82) is 0 Å². The summed E-state index contributed by atoms with van der Waals surface area (Å²) < 4.78 is 0. The molecule has 1 aliphatic heterocycles. The molecule has 0 bridgehead atoms. The second-order valence-corrected chi connectivity index (χ2v) is 5.37. The van der Waals surface area contributed by atoms with Crippen LogP contribution in [0.3, 0.4) is 0 Å². The van der Waals surface area contributed by atoms with E-state index in [9.17, 15) is 0 Å². The lowest BCUT2D eigenvalue weighted by Gasteiger charge is -2.29. The highest BCUT2D eigenvalue weighted by Crippen LogP contribution is 2.21. The van der Waals surface area contributed by atoms with E-state index in [-0.39, 0.29) is 0 Å². The van der Waals surface area contributed by atoms with Gasteiger partial charge in [-0.2, -0.15) is 0 Å². The number of fused-ring (bicyclic) bond motifs is 1. The van der Waals surface area contributed by atoms with Crippen molar-refractivity contribution >= 4 is 16.7 Å². The number of rotatable bonds is 3. The highest BCUT2D eigenvalue weighted by Gasteiger charge is 2.16. The van der Waals surface area contributed by atoms with Crippen LogP contribution < -0.4 is 5.32 Å². The molecule has 0 atom stereocenters. The van der Waals surface area contributed by atoms with Crippen molar-refractivity contribution in [2.24, 2.45) is 5.92 Å². The number of anilines is 1. The van der Waals surface area contributed by atoms with E-state index in [1.54, 1.807) is 6.33 Å². The van der Waals surface area contributed by atoms with Gasteiger partial charge in [-0.3, -0.25) is 0 Å². The van der Waals surface area contributed by atoms with Crippen molar-refractivity contribution in [3.63, 3.8) is 0 Å². The first-order valence-electron chi connectivity index (χ1n) is 6.95. The second kappa shape index (κ2) is 5.53. The van der Waals surface area contributed by atoms with Crippen molar-refractivity contribution in [2.75, 3.05) is 32.0 Å². The predicted molar refractivity (Wildman–Crippen MR) is 78.2 cm³/mol. The number of para-hydroxylation sites is 1. The van der Waals surface area contributed by atoms with Crippen molar-refractivity contribution in [3.05, 3.63) is 30.6 Å². The lowest BCUT2D eigenvalue weighted by atomic mass is 9.97. The predicted octanol–water partition coefficient (Wildman–Crippen LogP) is 2.38. The van der Waals surface area contributed by atoms with Crippen molar-refractivity contribution in [1.82, 2.24) is 14.9 Å². The molecule has 1 aliphatic rings. The topological polar surface area (TPSA) is 41.0 Å². The van der Waals surface area contributed by atoms with Gasteiger partial charge in [0.25, 0.3) is 0 Å². The maximum absolute atomic E-state index is 4.37. The summed E-state index contributed by atoms with van der Waals surface area (Å²) in [5.74, 6) is 1.72. The van der Waals surface area contributed by atoms with E-state index in [1.165, 1.54) is 25.9 Å². The number of piperidine rings is 1. The fraction of sp³-hybridized carbons (Fsp3) is 0.467. The first-order chi connectivity index (χ1) is 9.33. The Morgan fingerprint density at radius 1 is 1.21 bits per heavy atom. The van der Waals surface area contributed by atoms with E-state index in [2.05, 4.69) is 33.3 Å². The minimum Gasteiger partial charge on any atom is -0.369 e. The number of hydrogen-bond acceptors (Lipinski definition) is 4. The average Bonchev–Trinajstić information content (AvgIpc) is 2.47. The lowest BCUT2D eigenvalue weighted by Crippen LogP contribution is -2.33. The monoisotopic (exact) mass is 256 g/mol. The molecule has 0 amide bonds. The molecular formula is C15H20N4.